The van der Waals surface area contributed by atoms with Crippen LogP contribution in [-0.2, 0) is 9.59 Å². The van der Waals surface area contributed by atoms with Gasteiger partial charge in [0.15, 0.2) is 0 Å². The largest absolute Gasteiger partial charge is 0.481 e. The molecule has 0 radical (unpaired) electrons. The standard InChI is InChI=1S/C20H32O4/c1-2-3-6-9-17(21)14-12-16-13-15-19(22)18(16)10-7-4-5-8-11-20(23)24/h12-14,17-18,21H,2-11,15H2,1H3,(H,23,24). The van der Waals surface area contributed by atoms with Crippen molar-refractivity contribution in [3.8, 4) is 0 Å². The molecule has 0 fully saturated rings. The SMILES string of the molecule is CCCCCC(O)C=CC1=CCC(=O)C1CCCCCCC(=O)O. The molecule has 24 heavy (non-hydrogen) atoms. The van der Waals surface area contributed by atoms with Crippen molar-refractivity contribution in [3.63, 3.8) is 0 Å². The molecule has 2 N–H and O–H groups in total. The number of aliphatic carboxylic acids is 1. The van der Waals surface area contributed by atoms with Gasteiger partial charge in [0.2, 0.25) is 0 Å². The van der Waals surface area contributed by atoms with Crippen LogP contribution in [0.1, 0.15) is 77.6 Å². The zero-order chi connectivity index (χ0) is 17.8. The number of aliphatic hydroxyl groups is 1. The minimum absolute atomic E-state index is 0.0384. The van der Waals surface area contributed by atoms with E-state index in [1.54, 1.807) is 0 Å². The number of carbonyl (C=O) groups excluding carboxylic acids is 1. The zero-order valence-electron chi connectivity index (χ0n) is 14.9. The average Bonchev–Trinajstić information content (AvgIpc) is 2.89. The molecule has 0 heterocycles. The Balaban J connectivity index is 2.31. The molecule has 0 aliphatic heterocycles. The van der Waals surface area contributed by atoms with Gasteiger partial charge in [0.05, 0.1) is 6.10 Å². The number of unbranched alkanes of at least 4 members (excludes halogenated alkanes) is 5. The van der Waals surface area contributed by atoms with Crippen molar-refractivity contribution in [2.75, 3.05) is 0 Å². The van der Waals surface area contributed by atoms with E-state index in [-0.39, 0.29) is 18.1 Å². The van der Waals surface area contributed by atoms with E-state index in [9.17, 15) is 14.7 Å². The van der Waals surface area contributed by atoms with E-state index in [0.29, 0.717) is 12.8 Å². The summed E-state index contributed by atoms with van der Waals surface area (Å²) in [6, 6.07) is 0. The Bertz CT molecular complexity index is 451. The summed E-state index contributed by atoms with van der Waals surface area (Å²) in [6.07, 6.45) is 14.5. The first-order chi connectivity index (χ1) is 11.5. The van der Waals surface area contributed by atoms with E-state index < -0.39 is 12.1 Å². The molecule has 4 heteroatoms. The first-order valence-electron chi connectivity index (χ1n) is 9.35. The Kier molecular flexibility index (Phi) is 10.3. The van der Waals surface area contributed by atoms with Crippen LogP contribution in [0.3, 0.4) is 0 Å². The fraction of sp³-hybridized carbons (Fsp3) is 0.700. The molecule has 0 amide bonds. The van der Waals surface area contributed by atoms with Crippen LogP contribution in [0.5, 0.6) is 0 Å². The fourth-order valence-electron chi connectivity index (χ4n) is 3.10. The van der Waals surface area contributed by atoms with Gasteiger partial charge in [0, 0.05) is 18.8 Å². The Labute approximate surface area is 145 Å². The number of hydrogen-bond donors (Lipinski definition) is 2. The lowest BCUT2D eigenvalue weighted by Crippen LogP contribution is -2.10. The summed E-state index contributed by atoms with van der Waals surface area (Å²) in [7, 11) is 0. The van der Waals surface area contributed by atoms with Crippen LogP contribution in [-0.4, -0.2) is 28.1 Å². The van der Waals surface area contributed by atoms with Gasteiger partial charge in [-0.15, -0.1) is 0 Å². The van der Waals surface area contributed by atoms with Crippen molar-refractivity contribution in [3.05, 3.63) is 23.8 Å². The molecule has 0 aromatic carbocycles. The molecule has 1 aliphatic rings. The van der Waals surface area contributed by atoms with Crippen LogP contribution < -0.4 is 0 Å². The molecule has 0 aromatic heterocycles. The molecule has 136 valence electrons. The lowest BCUT2D eigenvalue weighted by Gasteiger charge is -2.12. The highest BCUT2D eigenvalue weighted by Crippen LogP contribution is 2.29. The third-order valence-corrected chi connectivity index (χ3v) is 4.58. The molecule has 1 aliphatic carbocycles. The van der Waals surface area contributed by atoms with Crippen LogP contribution in [0.4, 0.5) is 0 Å². The van der Waals surface area contributed by atoms with Gasteiger partial charge in [0.1, 0.15) is 5.78 Å². The first-order valence-corrected chi connectivity index (χ1v) is 9.35. The number of Topliss-reactive ketones (excluding diaryl/α,β-unsaturated/α-hetero) is 1. The van der Waals surface area contributed by atoms with E-state index >= 15 is 0 Å². The maximum absolute atomic E-state index is 12.0. The van der Waals surface area contributed by atoms with Gasteiger partial charge in [-0.3, -0.25) is 9.59 Å². The number of carbonyl (C=O) groups is 2. The van der Waals surface area contributed by atoms with E-state index in [0.717, 1.165) is 56.9 Å². The molecular weight excluding hydrogens is 304 g/mol. The summed E-state index contributed by atoms with van der Waals surface area (Å²) in [6.45, 7) is 2.14. The van der Waals surface area contributed by atoms with E-state index in [1.165, 1.54) is 0 Å². The lowest BCUT2D eigenvalue weighted by atomic mass is 9.92. The summed E-state index contributed by atoms with van der Waals surface area (Å²) < 4.78 is 0. The highest BCUT2D eigenvalue weighted by Gasteiger charge is 2.25. The number of aliphatic hydroxyl groups excluding tert-OH is 1. The van der Waals surface area contributed by atoms with Gasteiger partial charge in [-0.05, 0) is 24.8 Å². The summed E-state index contributed by atoms with van der Waals surface area (Å²) in [5, 5.41) is 18.6. The van der Waals surface area contributed by atoms with Gasteiger partial charge in [-0.1, -0.05) is 63.7 Å². The quantitative estimate of drug-likeness (QED) is 0.488. The molecule has 2 atom stereocenters. The number of hydrogen-bond acceptors (Lipinski definition) is 3. The topological polar surface area (TPSA) is 74.6 Å². The zero-order valence-corrected chi connectivity index (χ0v) is 14.9. The fourth-order valence-corrected chi connectivity index (χ4v) is 3.10. The summed E-state index contributed by atoms with van der Waals surface area (Å²) in [5.74, 6) is -0.516. The summed E-state index contributed by atoms with van der Waals surface area (Å²) in [4.78, 5) is 22.5. The molecule has 0 spiro atoms. The van der Waals surface area contributed by atoms with Crippen LogP contribution in [0.2, 0.25) is 0 Å². The average molecular weight is 336 g/mol. The number of rotatable bonds is 13. The van der Waals surface area contributed by atoms with E-state index in [1.807, 2.05) is 18.2 Å². The van der Waals surface area contributed by atoms with Crippen molar-refractivity contribution in [1.82, 2.24) is 0 Å². The van der Waals surface area contributed by atoms with Gasteiger partial charge in [0.25, 0.3) is 0 Å². The normalized spacial score (nSPS) is 19.0. The van der Waals surface area contributed by atoms with Gasteiger partial charge in [-0.25, -0.2) is 0 Å². The van der Waals surface area contributed by atoms with Gasteiger partial charge < -0.3 is 10.2 Å². The second-order valence-electron chi connectivity index (χ2n) is 6.70. The van der Waals surface area contributed by atoms with Crippen molar-refractivity contribution in [2.45, 2.75) is 83.7 Å². The molecule has 0 saturated heterocycles. The van der Waals surface area contributed by atoms with E-state index in [4.69, 9.17) is 5.11 Å². The van der Waals surface area contributed by atoms with Crippen molar-refractivity contribution in [2.24, 2.45) is 5.92 Å². The van der Waals surface area contributed by atoms with Gasteiger partial charge >= 0.3 is 5.97 Å². The maximum Gasteiger partial charge on any atom is 0.303 e. The minimum atomic E-state index is -0.742. The molecule has 0 aromatic rings. The molecule has 2 unspecified atom stereocenters. The summed E-state index contributed by atoms with van der Waals surface area (Å²) >= 11 is 0. The molecule has 0 saturated carbocycles. The molecule has 4 nitrogen and oxygen atoms in total. The Morgan fingerprint density at radius 2 is 2.00 bits per heavy atom. The summed E-state index contributed by atoms with van der Waals surface area (Å²) in [5.41, 5.74) is 1.04. The van der Waals surface area contributed by atoms with Crippen LogP contribution in [0.25, 0.3) is 0 Å². The highest BCUT2D eigenvalue weighted by atomic mass is 16.4. The third-order valence-electron chi connectivity index (χ3n) is 4.58. The lowest BCUT2D eigenvalue weighted by molar-refractivity contribution is -0.137. The predicted molar refractivity (Wildman–Crippen MR) is 95.8 cm³/mol. The number of ketones is 1. The van der Waals surface area contributed by atoms with Crippen LogP contribution in [0.15, 0.2) is 23.8 Å². The van der Waals surface area contributed by atoms with Crippen molar-refractivity contribution in [1.29, 1.82) is 0 Å². The first kappa shape index (κ1) is 20.6. The molecule has 1 rings (SSSR count). The second kappa shape index (κ2) is 12.0. The van der Waals surface area contributed by atoms with E-state index in [2.05, 4.69) is 6.92 Å². The van der Waals surface area contributed by atoms with Crippen molar-refractivity contribution >= 4 is 11.8 Å². The monoisotopic (exact) mass is 336 g/mol. The Morgan fingerprint density at radius 1 is 1.25 bits per heavy atom. The molecular formula is C20H32O4. The predicted octanol–water partition coefficient (Wildman–Crippen LogP) is 4.42. The maximum atomic E-state index is 12.0. The van der Waals surface area contributed by atoms with Crippen molar-refractivity contribution < 1.29 is 19.8 Å². The number of allylic oxidation sites excluding steroid dienone is 3. The Morgan fingerprint density at radius 3 is 2.71 bits per heavy atom. The van der Waals surface area contributed by atoms with Crippen LogP contribution >= 0.6 is 0 Å². The smallest absolute Gasteiger partial charge is 0.303 e. The van der Waals surface area contributed by atoms with Gasteiger partial charge in [-0.2, -0.15) is 0 Å². The second-order valence-corrected chi connectivity index (χ2v) is 6.70. The van der Waals surface area contributed by atoms with Crippen LogP contribution in [0, 0.1) is 5.92 Å². The third kappa shape index (κ3) is 8.44. The Hall–Kier alpha value is -1.42. The molecule has 0 bridgehead atoms. The number of carboxylic acids is 1. The highest BCUT2D eigenvalue weighted by molar-refractivity contribution is 5.89. The number of carboxylic acid groups (broad SMARTS) is 1. The minimum Gasteiger partial charge on any atom is -0.481 e.